The van der Waals surface area contributed by atoms with Crippen molar-refractivity contribution in [1.29, 1.82) is 0 Å². The van der Waals surface area contributed by atoms with Crippen LogP contribution in [0.1, 0.15) is 32.3 Å². The van der Waals surface area contributed by atoms with Gasteiger partial charge in [-0.2, -0.15) is 0 Å². The summed E-state index contributed by atoms with van der Waals surface area (Å²) < 4.78 is 44.3. The van der Waals surface area contributed by atoms with E-state index >= 15 is 0 Å². The number of rotatable bonds is 6. The SMILES string of the molecule is CC.O=C(COc1ccc(CO)cc1)N1CCC(S(=O)(=O)C2=CC=C(F)C=CC2)C1. The van der Waals surface area contributed by atoms with Gasteiger partial charge in [0, 0.05) is 24.4 Å². The van der Waals surface area contributed by atoms with E-state index in [0.29, 0.717) is 18.7 Å². The van der Waals surface area contributed by atoms with Crippen molar-refractivity contribution < 1.29 is 27.4 Å². The first-order chi connectivity index (χ1) is 14.4. The average molecular weight is 438 g/mol. The number of nitrogens with zero attached hydrogens (tertiary/aromatic N) is 1. The Morgan fingerprint density at radius 2 is 1.93 bits per heavy atom. The maximum Gasteiger partial charge on any atom is 0.260 e. The zero-order chi connectivity index (χ0) is 22.1. The van der Waals surface area contributed by atoms with Gasteiger partial charge in [-0.15, -0.1) is 0 Å². The van der Waals surface area contributed by atoms with Crippen LogP contribution in [0.15, 0.2) is 59.3 Å². The van der Waals surface area contributed by atoms with Gasteiger partial charge in [0.2, 0.25) is 0 Å². The van der Waals surface area contributed by atoms with E-state index in [1.807, 2.05) is 13.8 Å². The Morgan fingerprint density at radius 3 is 2.60 bits per heavy atom. The van der Waals surface area contributed by atoms with Crippen molar-refractivity contribution >= 4 is 15.7 Å². The van der Waals surface area contributed by atoms with Crippen LogP contribution < -0.4 is 4.74 Å². The number of benzene rings is 1. The van der Waals surface area contributed by atoms with E-state index in [0.717, 1.165) is 11.6 Å². The van der Waals surface area contributed by atoms with Crippen molar-refractivity contribution in [3.8, 4) is 5.75 Å². The normalized spacial score (nSPS) is 18.7. The fraction of sp³-hybridized carbons (Fsp3) is 0.409. The molecule has 1 fully saturated rings. The molecular formula is C22H28FNO5S. The molecule has 1 N–H and O–H groups in total. The molecule has 1 aromatic carbocycles. The average Bonchev–Trinajstić information content (AvgIpc) is 3.17. The maximum atomic E-state index is 13.3. The number of allylic oxidation sites excluding steroid dienone is 6. The highest BCUT2D eigenvalue weighted by molar-refractivity contribution is 7.95. The number of carbonyl (C=O) groups excluding carboxylic acids is 1. The van der Waals surface area contributed by atoms with Crippen molar-refractivity contribution in [3.05, 3.63) is 64.9 Å². The second kappa shape index (κ2) is 11.1. The summed E-state index contributed by atoms with van der Waals surface area (Å²) in [6, 6.07) is 6.72. The van der Waals surface area contributed by atoms with E-state index in [-0.39, 0.29) is 37.0 Å². The van der Waals surface area contributed by atoms with Crippen LogP contribution in [0.4, 0.5) is 4.39 Å². The molecule has 1 amide bonds. The van der Waals surface area contributed by atoms with E-state index in [1.165, 1.54) is 23.1 Å². The Hall–Kier alpha value is -2.45. The van der Waals surface area contributed by atoms with E-state index in [9.17, 15) is 17.6 Å². The van der Waals surface area contributed by atoms with Crippen LogP contribution in [-0.2, 0) is 21.2 Å². The quantitative estimate of drug-likeness (QED) is 0.738. The molecule has 1 atom stereocenters. The Morgan fingerprint density at radius 1 is 1.23 bits per heavy atom. The minimum atomic E-state index is -3.61. The van der Waals surface area contributed by atoms with Gasteiger partial charge in [0.1, 0.15) is 11.6 Å². The third-order valence-electron chi connectivity index (χ3n) is 4.79. The van der Waals surface area contributed by atoms with Crippen LogP contribution in [0.5, 0.6) is 5.75 Å². The van der Waals surface area contributed by atoms with Crippen molar-refractivity contribution in [2.75, 3.05) is 19.7 Å². The Labute approximate surface area is 177 Å². The topological polar surface area (TPSA) is 83.9 Å². The molecule has 2 aliphatic rings. The molecule has 6 nitrogen and oxygen atoms in total. The molecule has 30 heavy (non-hydrogen) atoms. The first-order valence-corrected chi connectivity index (χ1v) is 11.5. The highest BCUT2D eigenvalue weighted by Crippen LogP contribution is 2.27. The summed E-state index contributed by atoms with van der Waals surface area (Å²) in [4.78, 5) is 14.0. The minimum absolute atomic E-state index is 0.0719. The molecule has 1 aliphatic heterocycles. The molecule has 1 heterocycles. The number of aliphatic hydroxyl groups is 1. The Kier molecular flexibility index (Phi) is 8.80. The predicted octanol–water partition coefficient (Wildman–Crippen LogP) is 3.30. The second-order valence-electron chi connectivity index (χ2n) is 6.68. The minimum Gasteiger partial charge on any atom is -0.484 e. The number of amides is 1. The van der Waals surface area contributed by atoms with E-state index < -0.39 is 20.9 Å². The standard InChI is InChI=1S/C20H22FNO5S.C2H6/c21-16-2-1-3-18(9-6-16)28(25,26)19-10-11-22(12-19)20(24)14-27-17-7-4-15(13-23)5-8-17;1-2/h1-2,4-9,19,23H,3,10-14H2;1-2H3. The number of aliphatic hydroxyl groups excluding tert-OH is 1. The van der Waals surface area contributed by atoms with Gasteiger partial charge in [-0.3, -0.25) is 4.79 Å². The van der Waals surface area contributed by atoms with Crippen LogP contribution >= 0.6 is 0 Å². The van der Waals surface area contributed by atoms with Crippen molar-refractivity contribution in [3.63, 3.8) is 0 Å². The lowest BCUT2D eigenvalue weighted by molar-refractivity contribution is -0.132. The summed E-state index contributed by atoms with van der Waals surface area (Å²) in [6.07, 6.45) is 5.65. The molecule has 1 unspecified atom stereocenters. The molecular weight excluding hydrogens is 409 g/mol. The first kappa shape index (κ1) is 23.8. The summed E-state index contributed by atoms with van der Waals surface area (Å²) in [7, 11) is -3.61. The summed E-state index contributed by atoms with van der Waals surface area (Å²) in [5.74, 6) is -0.277. The molecule has 1 saturated heterocycles. The lowest BCUT2D eigenvalue weighted by atomic mass is 10.2. The molecule has 8 heteroatoms. The zero-order valence-electron chi connectivity index (χ0n) is 17.3. The van der Waals surface area contributed by atoms with Crippen LogP contribution in [0, 0.1) is 0 Å². The Balaban J connectivity index is 0.00000155. The van der Waals surface area contributed by atoms with Gasteiger partial charge in [0.05, 0.1) is 11.9 Å². The van der Waals surface area contributed by atoms with E-state index in [2.05, 4.69) is 0 Å². The van der Waals surface area contributed by atoms with Crippen LogP contribution in [0.25, 0.3) is 0 Å². The number of hydrogen-bond donors (Lipinski definition) is 1. The molecule has 3 rings (SSSR count). The number of halogens is 1. The molecule has 1 aliphatic carbocycles. The molecule has 0 radical (unpaired) electrons. The predicted molar refractivity (Wildman–Crippen MR) is 114 cm³/mol. The fourth-order valence-electron chi connectivity index (χ4n) is 3.14. The van der Waals surface area contributed by atoms with Gasteiger partial charge in [0.25, 0.3) is 5.91 Å². The molecule has 0 aromatic heterocycles. The third kappa shape index (κ3) is 6.03. The summed E-state index contributed by atoms with van der Waals surface area (Å²) in [6.45, 7) is 4.17. The maximum absolute atomic E-state index is 13.3. The van der Waals surface area contributed by atoms with Crippen LogP contribution in [-0.4, -0.2) is 49.3 Å². The van der Waals surface area contributed by atoms with Crippen molar-refractivity contribution in [1.82, 2.24) is 4.90 Å². The van der Waals surface area contributed by atoms with E-state index in [4.69, 9.17) is 9.84 Å². The van der Waals surface area contributed by atoms with Crippen LogP contribution in [0.2, 0.25) is 0 Å². The van der Waals surface area contributed by atoms with Gasteiger partial charge in [-0.25, -0.2) is 12.8 Å². The smallest absolute Gasteiger partial charge is 0.260 e. The monoisotopic (exact) mass is 437 g/mol. The first-order valence-electron chi connectivity index (χ1n) is 9.97. The number of ether oxygens (including phenoxy) is 1. The van der Waals surface area contributed by atoms with Gasteiger partial charge in [-0.1, -0.05) is 32.1 Å². The molecule has 0 spiro atoms. The van der Waals surface area contributed by atoms with Crippen molar-refractivity contribution in [2.45, 2.75) is 38.5 Å². The van der Waals surface area contributed by atoms with Crippen LogP contribution in [0.3, 0.4) is 0 Å². The number of sulfone groups is 1. The lowest BCUT2D eigenvalue weighted by Gasteiger charge is -2.17. The van der Waals surface area contributed by atoms with Gasteiger partial charge >= 0.3 is 0 Å². The largest absolute Gasteiger partial charge is 0.484 e. The molecule has 0 saturated carbocycles. The molecule has 164 valence electrons. The van der Waals surface area contributed by atoms with Gasteiger partial charge < -0.3 is 14.7 Å². The van der Waals surface area contributed by atoms with Crippen molar-refractivity contribution in [2.24, 2.45) is 0 Å². The summed E-state index contributed by atoms with van der Waals surface area (Å²) in [5.41, 5.74) is 0.739. The van der Waals surface area contributed by atoms with Gasteiger partial charge in [0.15, 0.2) is 16.4 Å². The molecule has 1 aromatic rings. The number of likely N-dealkylation sites (tertiary alicyclic amines) is 1. The Bertz CT molecular complexity index is 919. The van der Waals surface area contributed by atoms with Gasteiger partial charge in [-0.05, 0) is 42.3 Å². The summed E-state index contributed by atoms with van der Waals surface area (Å²) in [5, 5.41) is 8.32. The fourth-order valence-corrected chi connectivity index (χ4v) is 4.95. The zero-order valence-corrected chi connectivity index (χ0v) is 18.1. The highest BCUT2D eigenvalue weighted by atomic mass is 32.2. The third-order valence-corrected chi connectivity index (χ3v) is 7.09. The summed E-state index contributed by atoms with van der Waals surface area (Å²) >= 11 is 0. The number of carbonyl (C=O) groups is 1. The number of hydrogen-bond acceptors (Lipinski definition) is 5. The lowest BCUT2D eigenvalue weighted by Crippen LogP contribution is -2.35. The highest BCUT2D eigenvalue weighted by Gasteiger charge is 2.37. The molecule has 0 bridgehead atoms. The van der Waals surface area contributed by atoms with E-state index in [1.54, 1.807) is 24.3 Å². The second-order valence-corrected chi connectivity index (χ2v) is 8.96.